The number of amides is 1. The molecule has 3 nitrogen and oxygen atoms in total. The quantitative estimate of drug-likeness (QED) is 0.537. The number of aliphatic hydroxyl groups is 1. The molecule has 0 heterocycles. The van der Waals surface area contributed by atoms with Crippen LogP contribution in [0, 0.1) is 0 Å². The van der Waals surface area contributed by atoms with Crippen molar-refractivity contribution in [2.45, 2.75) is 44.2 Å². The van der Waals surface area contributed by atoms with Crippen molar-refractivity contribution in [3.05, 3.63) is 78.4 Å². The summed E-state index contributed by atoms with van der Waals surface area (Å²) in [5.74, 6) is 0.000746. The Bertz CT molecular complexity index is 738. The van der Waals surface area contributed by atoms with E-state index in [1.165, 1.54) is 0 Å². The number of hydrogen-bond acceptors (Lipinski definition) is 2. The molecule has 2 aromatic carbocycles. The van der Waals surface area contributed by atoms with E-state index in [1.807, 2.05) is 105 Å². The molecule has 0 fully saturated rings. The van der Waals surface area contributed by atoms with Crippen molar-refractivity contribution in [2.75, 3.05) is 6.54 Å². The topological polar surface area (TPSA) is 40.5 Å². The molecule has 0 radical (unpaired) electrons. The van der Waals surface area contributed by atoms with Gasteiger partial charge in [-0.25, -0.2) is 0 Å². The van der Waals surface area contributed by atoms with Gasteiger partial charge in [0.1, 0.15) is 0 Å². The Hall–Kier alpha value is -1.87. The summed E-state index contributed by atoms with van der Waals surface area (Å²) >= 11 is -0.187. The third-order valence-electron chi connectivity index (χ3n) is 4.28. The van der Waals surface area contributed by atoms with Gasteiger partial charge >= 0.3 is 169 Å². The summed E-state index contributed by atoms with van der Waals surface area (Å²) in [7, 11) is 0. The van der Waals surface area contributed by atoms with Gasteiger partial charge in [-0.05, 0) is 0 Å². The summed E-state index contributed by atoms with van der Waals surface area (Å²) in [6.45, 7) is 8.61. The normalized spacial score (nSPS) is 14.1. The third kappa shape index (κ3) is 6.07. The second-order valence-corrected chi connectivity index (χ2v) is 9.94. The van der Waals surface area contributed by atoms with E-state index in [-0.39, 0.29) is 26.4 Å². The van der Waals surface area contributed by atoms with Gasteiger partial charge in [0.25, 0.3) is 0 Å². The van der Waals surface area contributed by atoms with Crippen LogP contribution in [0.5, 0.6) is 0 Å². The molecular weight excluding hydrogens is 401 g/mol. The van der Waals surface area contributed by atoms with Gasteiger partial charge in [0, 0.05) is 0 Å². The maximum atomic E-state index is 13.6. The average Bonchev–Trinajstić information content (AvgIpc) is 2.66. The first-order valence-electron chi connectivity index (χ1n) is 9.22. The molecule has 2 rings (SSSR count). The number of aliphatic hydroxyl groups excluding tert-OH is 1. The van der Waals surface area contributed by atoms with Crippen LogP contribution in [-0.4, -0.2) is 43.0 Å². The minimum atomic E-state index is -0.825. The molecule has 0 aliphatic rings. The fraction of sp³-hybridized carbons (Fsp3) is 0.348. The molecule has 144 valence electrons. The third-order valence-corrected chi connectivity index (χ3v) is 6.92. The number of rotatable bonds is 7. The first-order chi connectivity index (χ1) is 12.8. The van der Waals surface area contributed by atoms with Gasteiger partial charge < -0.3 is 0 Å². The van der Waals surface area contributed by atoms with Crippen LogP contribution in [0.1, 0.15) is 39.4 Å². The number of benzene rings is 2. The maximum absolute atomic E-state index is 13.6. The van der Waals surface area contributed by atoms with Crippen LogP contribution in [-0.2, 0) is 4.79 Å². The summed E-state index contributed by atoms with van der Waals surface area (Å²) < 4.78 is 1.11. The molecule has 0 aliphatic carbocycles. The van der Waals surface area contributed by atoms with Gasteiger partial charge in [0.05, 0.1) is 0 Å². The van der Waals surface area contributed by atoms with Crippen LogP contribution in [0.3, 0.4) is 0 Å². The van der Waals surface area contributed by atoms with Gasteiger partial charge in [-0.3, -0.25) is 0 Å². The molecule has 2 atom stereocenters. The second kappa shape index (κ2) is 9.89. The van der Waals surface area contributed by atoms with Crippen LogP contribution in [0.25, 0.3) is 0 Å². The molecule has 4 heteroatoms. The molecule has 0 saturated carbocycles. The first kappa shape index (κ1) is 21.4. The van der Waals surface area contributed by atoms with Gasteiger partial charge in [-0.2, -0.15) is 0 Å². The van der Waals surface area contributed by atoms with Crippen LogP contribution >= 0.6 is 0 Å². The molecule has 0 spiro atoms. The molecule has 2 aromatic rings. The molecule has 1 N–H and O–H groups in total. The van der Waals surface area contributed by atoms with E-state index in [2.05, 4.69) is 0 Å². The van der Waals surface area contributed by atoms with Crippen LogP contribution in [0.2, 0.25) is 4.82 Å². The Balaban J connectivity index is 2.38. The van der Waals surface area contributed by atoms with E-state index >= 15 is 0 Å². The van der Waals surface area contributed by atoms with Crippen molar-refractivity contribution in [1.82, 2.24) is 4.90 Å². The summed E-state index contributed by atoms with van der Waals surface area (Å²) in [6.07, 6.45) is 3.12. The zero-order valence-corrected chi connectivity index (χ0v) is 18.2. The van der Waals surface area contributed by atoms with Gasteiger partial charge in [0.2, 0.25) is 0 Å². The molecule has 0 saturated heterocycles. The molecule has 2 unspecified atom stereocenters. The summed E-state index contributed by atoms with van der Waals surface area (Å²) in [5, 5.41) is 11.1. The van der Waals surface area contributed by atoms with E-state index in [4.69, 9.17) is 0 Å². The zero-order chi connectivity index (χ0) is 19.9. The Morgan fingerprint density at radius 2 is 1.63 bits per heavy atom. The molecular formula is C23H29NO2Se. The van der Waals surface area contributed by atoms with Crippen molar-refractivity contribution < 1.29 is 9.90 Å². The van der Waals surface area contributed by atoms with Crippen molar-refractivity contribution >= 4 is 25.3 Å². The first-order valence-corrected chi connectivity index (χ1v) is 11.1. The van der Waals surface area contributed by atoms with Crippen LogP contribution in [0.15, 0.2) is 72.8 Å². The Labute approximate surface area is 169 Å². The van der Waals surface area contributed by atoms with Crippen LogP contribution < -0.4 is 4.46 Å². The van der Waals surface area contributed by atoms with Crippen molar-refractivity contribution in [2.24, 2.45) is 0 Å². The molecule has 27 heavy (non-hydrogen) atoms. The zero-order valence-electron chi connectivity index (χ0n) is 16.5. The summed E-state index contributed by atoms with van der Waals surface area (Å²) in [4.78, 5) is 15.0. The Morgan fingerprint density at radius 3 is 2.15 bits per heavy atom. The number of nitrogens with zero attached hydrogens (tertiary/aromatic N) is 1. The van der Waals surface area contributed by atoms with Gasteiger partial charge in [-0.1, -0.05) is 0 Å². The number of carbonyl (C=O) groups excluding carboxylic acids is 1. The monoisotopic (exact) mass is 431 g/mol. The second-order valence-electron chi connectivity index (χ2n) is 7.40. The number of hydrogen-bond donors (Lipinski definition) is 1. The summed E-state index contributed by atoms with van der Waals surface area (Å²) in [6, 6.07) is 19.5. The number of allylic oxidation sites excluding steroid dienone is 1. The fourth-order valence-electron chi connectivity index (χ4n) is 2.78. The van der Waals surface area contributed by atoms with E-state index in [0.29, 0.717) is 6.54 Å². The van der Waals surface area contributed by atoms with Gasteiger partial charge in [-0.15, -0.1) is 0 Å². The predicted molar refractivity (Wildman–Crippen MR) is 113 cm³/mol. The minimum absolute atomic E-state index is 0.000746. The van der Waals surface area contributed by atoms with E-state index in [9.17, 15) is 9.90 Å². The van der Waals surface area contributed by atoms with Crippen LogP contribution in [0.4, 0.5) is 0 Å². The number of carbonyl (C=O) groups is 1. The van der Waals surface area contributed by atoms with E-state index < -0.39 is 10.9 Å². The van der Waals surface area contributed by atoms with Crippen molar-refractivity contribution in [1.29, 1.82) is 0 Å². The Kier molecular flexibility index (Phi) is 7.85. The summed E-state index contributed by atoms with van der Waals surface area (Å²) in [5.41, 5.74) is 0.464. The molecule has 0 aliphatic heterocycles. The van der Waals surface area contributed by atoms with E-state index in [0.717, 1.165) is 10.0 Å². The predicted octanol–water partition coefficient (Wildman–Crippen LogP) is 3.74. The van der Waals surface area contributed by atoms with E-state index in [1.54, 1.807) is 0 Å². The van der Waals surface area contributed by atoms with Crippen molar-refractivity contribution in [3.8, 4) is 0 Å². The average molecular weight is 430 g/mol. The SMILES string of the molecule is C/C=C/CN(C(=O)C([Se]c1ccccc1)C(O)c1ccccc1)C(C)(C)C. The molecule has 0 bridgehead atoms. The fourth-order valence-corrected chi connectivity index (χ4v) is 5.13. The molecule has 0 aromatic heterocycles. The van der Waals surface area contributed by atoms with Crippen molar-refractivity contribution in [3.63, 3.8) is 0 Å². The standard InChI is InChI=1S/C23H29NO2Se/c1-5-6-17-24(23(2,3)4)22(26)21(27-19-15-11-8-12-16-19)20(25)18-13-9-7-10-14-18/h5-16,20-21,25H,17H2,1-4H3/b6-5+. The van der Waals surface area contributed by atoms with Gasteiger partial charge in [0.15, 0.2) is 0 Å². The Morgan fingerprint density at radius 1 is 1.07 bits per heavy atom. The molecule has 1 amide bonds.